The molecule has 0 saturated heterocycles. The van der Waals surface area contributed by atoms with Crippen molar-refractivity contribution in [1.82, 2.24) is 5.32 Å². The molecule has 0 aromatic heterocycles. The average molecular weight is 337 g/mol. The van der Waals surface area contributed by atoms with Crippen LogP contribution >= 0.6 is 7.82 Å². The molecule has 0 aromatic rings. The maximum atomic E-state index is 11.5. The molecule has 0 aliphatic rings. The van der Waals surface area contributed by atoms with Crippen molar-refractivity contribution in [3.8, 4) is 0 Å². The van der Waals surface area contributed by atoms with Crippen molar-refractivity contribution >= 4 is 13.9 Å². The molecule has 7 nitrogen and oxygen atoms in total. The first-order valence-corrected chi connectivity index (χ1v) is 8.62. The molecular weight excluding hydrogens is 309 g/mol. The first-order valence-electron chi connectivity index (χ1n) is 7.12. The third-order valence-corrected chi connectivity index (χ3v) is 3.46. The van der Waals surface area contributed by atoms with Gasteiger partial charge in [-0.3, -0.25) is 9.05 Å². The Morgan fingerprint density at radius 2 is 1.95 bits per heavy atom. The number of hydrogen-bond donors (Lipinski definition) is 2. The molecule has 0 heterocycles. The van der Waals surface area contributed by atoms with Crippen LogP contribution < -0.4 is 5.32 Å². The molecule has 0 fully saturated rings. The van der Waals surface area contributed by atoms with Crippen molar-refractivity contribution in [2.45, 2.75) is 59.2 Å². The smallest absolute Gasteiger partial charge is 0.444 e. The summed E-state index contributed by atoms with van der Waals surface area (Å²) in [5.41, 5.74) is 0.498. The van der Waals surface area contributed by atoms with E-state index in [2.05, 4.69) is 9.84 Å². The number of allylic oxidation sites excluding steroid dienone is 1. The lowest BCUT2D eigenvalue weighted by molar-refractivity contribution is 0.0517. The largest absolute Gasteiger partial charge is 0.472 e. The minimum absolute atomic E-state index is 0.264. The molecule has 22 heavy (non-hydrogen) atoms. The maximum absolute atomic E-state index is 11.5. The summed E-state index contributed by atoms with van der Waals surface area (Å²) in [6.45, 7) is 9.42. The van der Waals surface area contributed by atoms with Crippen molar-refractivity contribution in [3.05, 3.63) is 11.6 Å². The Morgan fingerprint density at radius 1 is 1.36 bits per heavy atom. The van der Waals surface area contributed by atoms with Gasteiger partial charge in [0.2, 0.25) is 0 Å². The van der Waals surface area contributed by atoms with E-state index in [4.69, 9.17) is 9.26 Å². The summed E-state index contributed by atoms with van der Waals surface area (Å²) in [4.78, 5) is 20.9. The van der Waals surface area contributed by atoms with Crippen LogP contribution in [-0.4, -0.2) is 36.3 Å². The van der Waals surface area contributed by atoms with Gasteiger partial charge in [0.05, 0.1) is 6.10 Å². The van der Waals surface area contributed by atoms with Crippen LogP contribution in [0.3, 0.4) is 0 Å². The van der Waals surface area contributed by atoms with Gasteiger partial charge in [-0.2, -0.15) is 0 Å². The second-order valence-corrected chi connectivity index (χ2v) is 7.63. The summed E-state index contributed by atoms with van der Waals surface area (Å²) in [6.07, 6.45) is 1.63. The van der Waals surface area contributed by atoms with Gasteiger partial charge in [0.15, 0.2) is 0 Å². The highest BCUT2D eigenvalue weighted by Gasteiger charge is 2.24. The normalized spacial score (nSPS) is 15.6. The highest BCUT2D eigenvalue weighted by molar-refractivity contribution is 7.47. The summed E-state index contributed by atoms with van der Waals surface area (Å²) in [5.74, 6) is 0. The van der Waals surface area contributed by atoms with Crippen LogP contribution in [-0.2, 0) is 18.3 Å². The molecule has 2 unspecified atom stereocenters. The van der Waals surface area contributed by atoms with E-state index in [1.807, 2.05) is 19.9 Å². The van der Waals surface area contributed by atoms with E-state index in [1.54, 1.807) is 20.8 Å². The van der Waals surface area contributed by atoms with Gasteiger partial charge in [0.1, 0.15) is 5.60 Å². The van der Waals surface area contributed by atoms with Gasteiger partial charge < -0.3 is 14.9 Å². The Balaban J connectivity index is 4.43. The zero-order chi connectivity index (χ0) is 17.4. The fourth-order valence-electron chi connectivity index (χ4n) is 1.46. The molecule has 0 spiro atoms. The Kier molecular flexibility index (Phi) is 8.93. The minimum Gasteiger partial charge on any atom is -0.444 e. The van der Waals surface area contributed by atoms with Crippen molar-refractivity contribution < 1.29 is 28.0 Å². The zero-order valence-electron chi connectivity index (χ0n) is 14.2. The van der Waals surface area contributed by atoms with E-state index in [9.17, 15) is 14.3 Å². The molecule has 0 saturated carbocycles. The molecule has 0 bridgehead atoms. The number of amides is 1. The number of carbonyl (C=O) groups is 1. The molecule has 130 valence electrons. The second kappa shape index (κ2) is 9.30. The molecule has 0 aliphatic carbocycles. The number of carbonyl (C=O) groups excluding carboxylic acids is 1. The van der Waals surface area contributed by atoms with Crippen LogP contribution in [0.25, 0.3) is 0 Å². The van der Waals surface area contributed by atoms with Crippen molar-refractivity contribution in [3.63, 3.8) is 0 Å². The summed E-state index contributed by atoms with van der Waals surface area (Å²) < 4.78 is 26.1. The zero-order valence-corrected chi connectivity index (χ0v) is 15.1. The predicted octanol–water partition coefficient (Wildman–Crippen LogP) is 3.39. The Labute approximate surface area is 132 Å². The van der Waals surface area contributed by atoms with Crippen LogP contribution in [0.15, 0.2) is 11.6 Å². The highest BCUT2D eigenvalue weighted by atomic mass is 31.2. The van der Waals surface area contributed by atoms with Gasteiger partial charge in [-0.05, 0) is 47.5 Å². The van der Waals surface area contributed by atoms with Gasteiger partial charge in [0, 0.05) is 13.7 Å². The van der Waals surface area contributed by atoms with E-state index in [0.717, 1.165) is 12.7 Å². The monoisotopic (exact) mass is 337 g/mol. The fraction of sp³-hybridized carbons (Fsp3) is 0.786. The number of alkyl carbamates (subject to hydrolysis) is 1. The number of nitrogens with one attached hydrogen (secondary N) is 1. The highest BCUT2D eigenvalue weighted by Crippen LogP contribution is 2.44. The summed E-state index contributed by atoms with van der Waals surface area (Å²) in [7, 11) is -2.95. The molecular formula is C14H28NO6P. The molecule has 1 amide bonds. The molecule has 8 heteroatoms. The molecule has 0 aromatic carbocycles. The summed E-state index contributed by atoms with van der Waals surface area (Å²) >= 11 is 0. The van der Waals surface area contributed by atoms with E-state index in [0.29, 0.717) is 12.8 Å². The Hall–Kier alpha value is -0.880. The lowest BCUT2D eigenvalue weighted by atomic mass is 10.1. The van der Waals surface area contributed by atoms with Gasteiger partial charge in [-0.1, -0.05) is 11.6 Å². The van der Waals surface area contributed by atoms with E-state index in [1.165, 1.54) is 0 Å². The van der Waals surface area contributed by atoms with E-state index in [-0.39, 0.29) is 6.54 Å². The third kappa shape index (κ3) is 11.7. The Morgan fingerprint density at radius 3 is 2.41 bits per heavy atom. The predicted molar refractivity (Wildman–Crippen MR) is 84.6 cm³/mol. The van der Waals surface area contributed by atoms with Crippen LogP contribution in [0.5, 0.6) is 0 Å². The first kappa shape index (κ1) is 21.1. The van der Waals surface area contributed by atoms with Crippen LogP contribution in [0.4, 0.5) is 4.79 Å². The first-order chi connectivity index (χ1) is 9.95. The van der Waals surface area contributed by atoms with Gasteiger partial charge in [-0.15, -0.1) is 0 Å². The average Bonchev–Trinajstić information content (AvgIpc) is 2.33. The number of phosphoric acid groups is 1. The van der Waals surface area contributed by atoms with Gasteiger partial charge in [0.25, 0.3) is 0 Å². The quantitative estimate of drug-likeness (QED) is 0.521. The maximum Gasteiger partial charge on any atom is 0.472 e. The van der Waals surface area contributed by atoms with Gasteiger partial charge >= 0.3 is 13.9 Å². The van der Waals surface area contributed by atoms with Crippen molar-refractivity contribution in [2.24, 2.45) is 0 Å². The summed E-state index contributed by atoms with van der Waals surface area (Å²) in [6, 6.07) is 0. The molecule has 0 aliphatic heterocycles. The SMILES string of the molecule is COP(=O)(O)OC(CC=C(C)C)CCNC(=O)OC(C)(C)C. The Bertz CT molecular complexity index is 426. The number of rotatable bonds is 8. The third-order valence-electron chi connectivity index (χ3n) is 2.44. The number of hydrogen-bond acceptors (Lipinski definition) is 5. The summed E-state index contributed by atoms with van der Waals surface area (Å²) in [5, 5.41) is 2.59. The molecule has 0 rings (SSSR count). The van der Waals surface area contributed by atoms with Crippen molar-refractivity contribution in [1.29, 1.82) is 0 Å². The number of ether oxygens (including phenoxy) is 1. The lowest BCUT2D eigenvalue weighted by Crippen LogP contribution is -2.34. The lowest BCUT2D eigenvalue weighted by Gasteiger charge is -2.21. The van der Waals surface area contributed by atoms with Crippen LogP contribution in [0.1, 0.15) is 47.5 Å². The van der Waals surface area contributed by atoms with Crippen LogP contribution in [0, 0.1) is 0 Å². The van der Waals surface area contributed by atoms with E-state index >= 15 is 0 Å². The topological polar surface area (TPSA) is 94.1 Å². The fourth-order valence-corrected chi connectivity index (χ4v) is 2.12. The van der Waals surface area contributed by atoms with E-state index < -0.39 is 25.6 Å². The minimum atomic E-state index is -4.06. The molecule has 2 N–H and O–H groups in total. The van der Waals surface area contributed by atoms with Crippen molar-refractivity contribution in [2.75, 3.05) is 13.7 Å². The number of phosphoric ester groups is 1. The second-order valence-electron chi connectivity index (χ2n) is 6.11. The molecule has 2 atom stereocenters. The van der Waals surface area contributed by atoms with Gasteiger partial charge in [-0.25, -0.2) is 9.36 Å². The standard InChI is InChI=1S/C14H28NO6P/c1-11(2)7-8-12(21-22(17,18)19-6)9-10-15-13(16)20-14(3,4)5/h7,12H,8-10H2,1-6H3,(H,15,16)(H,17,18). The van der Waals surface area contributed by atoms with Crippen LogP contribution in [0.2, 0.25) is 0 Å². The molecule has 0 radical (unpaired) electrons.